The van der Waals surface area contributed by atoms with Crippen LogP contribution in [0.15, 0.2) is 29.3 Å². The lowest BCUT2D eigenvalue weighted by molar-refractivity contribution is 0.0179. The summed E-state index contributed by atoms with van der Waals surface area (Å²) in [4.78, 5) is 7.11. The normalized spacial score (nSPS) is 17.1. The molecule has 1 aromatic carbocycles. The second kappa shape index (κ2) is 11.6. The topological polar surface area (TPSA) is 48.9 Å². The van der Waals surface area contributed by atoms with Crippen LogP contribution in [0.1, 0.15) is 32.4 Å². The number of aliphatic imine (C=N–C) groups is 1. The molecule has 1 atom stereocenters. The van der Waals surface area contributed by atoms with Gasteiger partial charge < -0.3 is 15.4 Å². The molecule has 0 aliphatic carbocycles. The molecule has 0 spiro atoms. The lowest BCUT2D eigenvalue weighted by Gasteiger charge is -2.34. The molecule has 7 heteroatoms. The van der Waals surface area contributed by atoms with Crippen molar-refractivity contribution in [3.05, 3.63) is 35.6 Å². The maximum Gasteiger partial charge on any atom is 0.191 e. The molecule has 1 fully saturated rings. The highest BCUT2D eigenvalue weighted by molar-refractivity contribution is 14.0. The van der Waals surface area contributed by atoms with E-state index in [9.17, 15) is 4.39 Å². The Balaban J connectivity index is 0.00000312. The van der Waals surface area contributed by atoms with Gasteiger partial charge in [-0.1, -0.05) is 12.1 Å². The Labute approximate surface area is 167 Å². The number of morpholine rings is 1. The quantitative estimate of drug-likeness (QED) is 0.386. The highest BCUT2D eigenvalue weighted by Gasteiger charge is 2.22. The minimum atomic E-state index is -0.210. The number of nitrogens with zero attached hydrogens (tertiary/aromatic N) is 2. The van der Waals surface area contributed by atoms with Gasteiger partial charge in [-0.25, -0.2) is 4.39 Å². The fourth-order valence-electron chi connectivity index (χ4n) is 2.78. The van der Waals surface area contributed by atoms with Gasteiger partial charge in [-0.05, 0) is 38.5 Å². The molecule has 2 N–H and O–H groups in total. The number of nitrogens with one attached hydrogen (secondary N) is 2. The van der Waals surface area contributed by atoms with Crippen molar-refractivity contribution in [1.82, 2.24) is 15.5 Å². The summed E-state index contributed by atoms with van der Waals surface area (Å²) in [5.74, 6) is 0.602. The average Bonchev–Trinajstić information content (AvgIpc) is 2.57. The molecule has 2 rings (SSSR count). The number of ether oxygens (including phenoxy) is 1. The third-order valence-corrected chi connectivity index (χ3v) is 3.93. The van der Waals surface area contributed by atoms with Crippen LogP contribution < -0.4 is 10.6 Å². The fourth-order valence-corrected chi connectivity index (χ4v) is 2.78. The molecule has 25 heavy (non-hydrogen) atoms. The smallest absolute Gasteiger partial charge is 0.191 e. The number of halogens is 2. The molecule has 1 saturated heterocycles. The monoisotopic (exact) mass is 464 g/mol. The van der Waals surface area contributed by atoms with E-state index in [-0.39, 0.29) is 35.8 Å². The van der Waals surface area contributed by atoms with Crippen molar-refractivity contribution in [2.24, 2.45) is 4.99 Å². The summed E-state index contributed by atoms with van der Waals surface area (Å²) in [5.41, 5.74) is 1.09. The van der Waals surface area contributed by atoms with E-state index in [0.29, 0.717) is 12.6 Å². The Bertz CT molecular complexity index is 518. The van der Waals surface area contributed by atoms with E-state index in [1.807, 2.05) is 12.1 Å². The zero-order valence-electron chi connectivity index (χ0n) is 15.3. The zero-order valence-corrected chi connectivity index (χ0v) is 17.6. The first-order valence-corrected chi connectivity index (χ1v) is 8.72. The van der Waals surface area contributed by atoms with Crippen LogP contribution in [0.25, 0.3) is 0 Å². The summed E-state index contributed by atoms with van der Waals surface area (Å²) in [7, 11) is 0. The zero-order chi connectivity index (χ0) is 17.4. The largest absolute Gasteiger partial charge is 0.379 e. The third-order valence-electron chi connectivity index (χ3n) is 3.93. The van der Waals surface area contributed by atoms with Crippen LogP contribution >= 0.6 is 24.0 Å². The van der Waals surface area contributed by atoms with Crippen molar-refractivity contribution < 1.29 is 9.13 Å². The van der Waals surface area contributed by atoms with Crippen molar-refractivity contribution in [1.29, 1.82) is 0 Å². The second-order valence-electron chi connectivity index (χ2n) is 6.23. The summed E-state index contributed by atoms with van der Waals surface area (Å²) in [6.45, 7) is 10.9. The molecule has 0 aromatic heterocycles. The lowest BCUT2D eigenvalue weighted by atomic mass is 10.0. The van der Waals surface area contributed by atoms with E-state index in [1.54, 1.807) is 0 Å². The van der Waals surface area contributed by atoms with Gasteiger partial charge in [0.15, 0.2) is 5.96 Å². The second-order valence-corrected chi connectivity index (χ2v) is 6.23. The van der Waals surface area contributed by atoms with Crippen LogP contribution in [0.4, 0.5) is 4.39 Å². The maximum atomic E-state index is 13.3. The Morgan fingerprint density at radius 2 is 1.88 bits per heavy atom. The molecule has 1 aliphatic heterocycles. The Kier molecular flexibility index (Phi) is 10.3. The van der Waals surface area contributed by atoms with Crippen molar-refractivity contribution in [2.75, 3.05) is 39.4 Å². The first-order chi connectivity index (χ1) is 11.6. The number of guanidine groups is 1. The van der Waals surface area contributed by atoms with Gasteiger partial charge in [0.1, 0.15) is 5.82 Å². The van der Waals surface area contributed by atoms with Crippen LogP contribution in [0, 0.1) is 5.82 Å². The SMILES string of the molecule is CCNC(=NCC(c1ccc(F)cc1)N1CCOCC1)NC(C)C.I. The molecule has 0 radical (unpaired) electrons. The standard InChI is InChI=1S/C18H29FN4O.HI/c1-4-20-18(22-14(2)3)21-13-17(23-9-11-24-12-10-23)15-5-7-16(19)8-6-15;/h5-8,14,17H,4,9-13H2,1-3H3,(H2,20,21,22);1H. The van der Waals surface area contributed by atoms with E-state index in [0.717, 1.165) is 44.4 Å². The molecule has 1 aromatic rings. The molecule has 1 heterocycles. The van der Waals surface area contributed by atoms with Gasteiger partial charge in [-0.15, -0.1) is 24.0 Å². The van der Waals surface area contributed by atoms with Crippen LogP contribution in [-0.2, 0) is 4.74 Å². The third kappa shape index (κ3) is 7.45. The highest BCUT2D eigenvalue weighted by atomic mass is 127. The summed E-state index contributed by atoms with van der Waals surface area (Å²) < 4.78 is 18.7. The van der Waals surface area contributed by atoms with Gasteiger partial charge in [-0.3, -0.25) is 9.89 Å². The molecule has 1 aliphatic rings. The molecule has 1 unspecified atom stereocenters. The van der Waals surface area contributed by atoms with Crippen molar-refractivity contribution in [3.8, 4) is 0 Å². The van der Waals surface area contributed by atoms with Gasteiger partial charge >= 0.3 is 0 Å². The summed E-state index contributed by atoms with van der Waals surface area (Å²) >= 11 is 0. The summed E-state index contributed by atoms with van der Waals surface area (Å²) in [6, 6.07) is 7.18. The minimum absolute atomic E-state index is 0. The van der Waals surface area contributed by atoms with E-state index in [4.69, 9.17) is 9.73 Å². The number of hydrogen-bond acceptors (Lipinski definition) is 3. The van der Waals surface area contributed by atoms with Crippen LogP contribution in [0.5, 0.6) is 0 Å². The highest BCUT2D eigenvalue weighted by Crippen LogP contribution is 2.22. The molecule has 0 saturated carbocycles. The van der Waals surface area contributed by atoms with Crippen LogP contribution in [-0.4, -0.2) is 56.3 Å². The van der Waals surface area contributed by atoms with Crippen LogP contribution in [0.3, 0.4) is 0 Å². The van der Waals surface area contributed by atoms with Crippen LogP contribution in [0.2, 0.25) is 0 Å². The van der Waals surface area contributed by atoms with Crippen molar-refractivity contribution in [3.63, 3.8) is 0 Å². The van der Waals surface area contributed by atoms with Gasteiger partial charge in [-0.2, -0.15) is 0 Å². The molecule has 142 valence electrons. The van der Waals surface area contributed by atoms with Gasteiger partial charge in [0.05, 0.1) is 25.8 Å². The lowest BCUT2D eigenvalue weighted by Crippen LogP contribution is -2.43. The predicted octanol–water partition coefficient (Wildman–Crippen LogP) is 2.78. The number of rotatable bonds is 6. The molecule has 0 bridgehead atoms. The van der Waals surface area contributed by atoms with Crippen molar-refractivity contribution in [2.45, 2.75) is 32.9 Å². The van der Waals surface area contributed by atoms with E-state index < -0.39 is 0 Å². The first-order valence-electron chi connectivity index (χ1n) is 8.72. The summed E-state index contributed by atoms with van der Waals surface area (Å²) in [5, 5.41) is 6.60. The van der Waals surface area contributed by atoms with Gasteiger partial charge in [0.25, 0.3) is 0 Å². The Morgan fingerprint density at radius 3 is 2.44 bits per heavy atom. The Hall–Kier alpha value is -0.930. The molecule has 5 nitrogen and oxygen atoms in total. The van der Waals surface area contributed by atoms with Crippen molar-refractivity contribution >= 4 is 29.9 Å². The van der Waals surface area contributed by atoms with Gasteiger partial charge in [0.2, 0.25) is 0 Å². The first kappa shape index (κ1) is 22.1. The van der Waals surface area contributed by atoms with E-state index in [1.165, 1.54) is 12.1 Å². The average molecular weight is 464 g/mol. The maximum absolute atomic E-state index is 13.3. The number of hydrogen-bond donors (Lipinski definition) is 2. The molecule has 0 amide bonds. The Morgan fingerprint density at radius 1 is 1.24 bits per heavy atom. The minimum Gasteiger partial charge on any atom is -0.379 e. The number of benzene rings is 1. The van der Waals surface area contributed by atoms with E-state index in [2.05, 4.69) is 36.3 Å². The predicted molar refractivity (Wildman–Crippen MR) is 111 cm³/mol. The molecular formula is C18H30FIN4O. The molecular weight excluding hydrogens is 434 g/mol. The van der Waals surface area contributed by atoms with E-state index >= 15 is 0 Å². The summed E-state index contributed by atoms with van der Waals surface area (Å²) in [6.07, 6.45) is 0. The van der Waals surface area contributed by atoms with Gasteiger partial charge in [0, 0.05) is 25.7 Å². The fraction of sp³-hybridized carbons (Fsp3) is 0.611.